The first-order valence-corrected chi connectivity index (χ1v) is 6.49. The van der Waals surface area contributed by atoms with E-state index in [4.69, 9.17) is 9.47 Å². The van der Waals surface area contributed by atoms with E-state index in [0.717, 1.165) is 25.4 Å². The van der Waals surface area contributed by atoms with Crippen LogP contribution in [0, 0.1) is 0 Å². The number of halogens is 1. The number of piperazine rings is 1. The van der Waals surface area contributed by atoms with E-state index in [2.05, 4.69) is 29.3 Å². The minimum absolute atomic E-state index is 0. The third kappa shape index (κ3) is 4.90. The second-order valence-corrected chi connectivity index (χ2v) is 4.64. The summed E-state index contributed by atoms with van der Waals surface area (Å²) in [5.41, 5.74) is 1.27. The van der Waals surface area contributed by atoms with Crippen molar-refractivity contribution in [1.29, 1.82) is 0 Å². The summed E-state index contributed by atoms with van der Waals surface area (Å²) in [4.78, 5) is 2.40. The number of rotatable bonds is 5. The number of nitrogens with one attached hydrogen (secondary N) is 1. The Bertz CT molecular complexity index is 359. The van der Waals surface area contributed by atoms with Gasteiger partial charge in [0.25, 0.3) is 0 Å². The normalized spacial score (nSPS) is 18.8. The minimum atomic E-state index is 0. The highest BCUT2D eigenvalue weighted by molar-refractivity contribution is 5.85. The van der Waals surface area contributed by atoms with Crippen LogP contribution in [0.2, 0.25) is 0 Å². The fourth-order valence-corrected chi connectivity index (χ4v) is 2.16. The molecular formula is C14H23ClN2O2. The topological polar surface area (TPSA) is 33.7 Å². The molecule has 1 N–H and O–H groups in total. The van der Waals surface area contributed by atoms with Crippen molar-refractivity contribution >= 4 is 18.1 Å². The molecule has 1 aliphatic rings. The molecule has 1 heterocycles. The number of benzene rings is 1. The van der Waals surface area contributed by atoms with Gasteiger partial charge in [-0.25, -0.2) is 0 Å². The van der Waals surface area contributed by atoms with Gasteiger partial charge in [0.2, 0.25) is 0 Å². The quantitative estimate of drug-likeness (QED) is 0.839. The molecule has 0 aromatic heterocycles. The zero-order valence-corrected chi connectivity index (χ0v) is 12.4. The second-order valence-electron chi connectivity index (χ2n) is 4.64. The SMILES string of the molecule is COCCOc1ccc(N2CCN[C@H](C)C2)cc1.Cl. The van der Waals surface area contributed by atoms with Gasteiger partial charge in [0.15, 0.2) is 0 Å². The molecule has 0 spiro atoms. The summed E-state index contributed by atoms with van der Waals surface area (Å²) in [6.45, 7) is 6.61. The van der Waals surface area contributed by atoms with Crippen LogP contribution < -0.4 is 15.0 Å². The number of nitrogens with zero attached hydrogens (tertiary/aromatic N) is 1. The molecule has 108 valence electrons. The van der Waals surface area contributed by atoms with E-state index in [-0.39, 0.29) is 12.4 Å². The molecule has 1 atom stereocenters. The van der Waals surface area contributed by atoms with E-state index in [0.29, 0.717) is 19.3 Å². The van der Waals surface area contributed by atoms with Crippen molar-refractivity contribution in [3.63, 3.8) is 0 Å². The molecule has 0 saturated carbocycles. The maximum absolute atomic E-state index is 5.55. The average molecular weight is 287 g/mol. The average Bonchev–Trinajstić information content (AvgIpc) is 2.40. The summed E-state index contributed by atoms with van der Waals surface area (Å²) in [6.07, 6.45) is 0. The van der Waals surface area contributed by atoms with Crippen LogP contribution in [0.1, 0.15) is 6.92 Å². The van der Waals surface area contributed by atoms with Gasteiger partial charge >= 0.3 is 0 Å². The summed E-state index contributed by atoms with van der Waals surface area (Å²) in [5, 5.41) is 3.45. The zero-order valence-electron chi connectivity index (χ0n) is 11.6. The highest BCUT2D eigenvalue weighted by Gasteiger charge is 2.15. The lowest BCUT2D eigenvalue weighted by atomic mass is 10.2. The molecule has 0 radical (unpaired) electrons. The van der Waals surface area contributed by atoms with Crippen LogP contribution in [-0.2, 0) is 4.74 Å². The van der Waals surface area contributed by atoms with Gasteiger partial charge < -0.3 is 19.7 Å². The molecule has 2 rings (SSSR count). The third-order valence-corrected chi connectivity index (χ3v) is 3.13. The summed E-state index contributed by atoms with van der Waals surface area (Å²) in [7, 11) is 1.68. The Labute approximate surface area is 121 Å². The van der Waals surface area contributed by atoms with Gasteiger partial charge in [0.05, 0.1) is 6.61 Å². The smallest absolute Gasteiger partial charge is 0.119 e. The molecule has 1 saturated heterocycles. The maximum atomic E-state index is 5.55. The molecule has 0 bridgehead atoms. The molecule has 5 heteroatoms. The standard InChI is InChI=1S/C14H22N2O2.ClH/c1-12-11-16(8-7-15-12)13-3-5-14(6-4-13)18-10-9-17-2;/h3-6,12,15H,7-11H2,1-2H3;1H/t12-;/m1./s1. The minimum Gasteiger partial charge on any atom is -0.491 e. The van der Waals surface area contributed by atoms with Gasteiger partial charge in [-0.05, 0) is 31.2 Å². The molecule has 1 fully saturated rings. The molecule has 19 heavy (non-hydrogen) atoms. The summed E-state index contributed by atoms with van der Waals surface area (Å²) < 4.78 is 10.5. The van der Waals surface area contributed by atoms with Crippen LogP contribution in [0.5, 0.6) is 5.75 Å². The Morgan fingerprint density at radius 1 is 1.26 bits per heavy atom. The summed E-state index contributed by atoms with van der Waals surface area (Å²) in [5.74, 6) is 0.902. The zero-order chi connectivity index (χ0) is 12.8. The van der Waals surface area contributed by atoms with Gasteiger partial charge in [-0.2, -0.15) is 0 Å². The van der Waals surface area contributed by atoms with Gasteiger partial charge in [-0.1, -0.05) is 0 Å². The predicted molar refractivity (Wildman–Crippen MR) is 80.7 cm³/mol. The first kappa shape index (κ1) is 16.1. The molecule has 1 aromatic rings. The summed E-state index contributed by atoms with van der Waals surface area (Å²) >= 11 is 0. The number of hydrogen-bond acceptors (Lipinski definition) is 4. The lowest BCUT2D eigenvalue weighted by Gasteiger charge is -2.33. The van der Waals surface area contributed by atoms with Crippen molar-refractivity contribution in [3.05, 3.63) is 24.3 Å². The number of ether oxygens (including phenoxy) is 2. The molecule has 0 unspecified atom stereocenters. The lowest BCUT2D eigenvalue weighted by molar-refractivity contribution is 0.146. The van der Waals surface area contributed by atoms with E-state index in [9.17, 15) is 0 Å². The summed E-state index contributed by atoms with van der Waals surface area (Å²) in [6, 6.07) is 8.85. The van der Waals surface area contributed by atoms with Crippen LogP contribution >= 0.6 is 12.4 Å². The highest BCUT2D eigenvalue weighted by Crippen LogP contribution is 2.20. The molecule has 1 aromatic carbocycles. The van der Waals surface area contributed by atoms with Crippen LogP contribution in [0.4, 0.5) is 5.69 Å². The van der Waals surface area contributed by atoms with Crippen LogP contribution in [-0.4, -0.2) is 46.0 Å². The van der Waals surface area contributed by atoms with Gasteiger partial charge in [-0.3, -0.25) is 0 Å². The monoisotopic (exact) mass is 286 g/mol. The molecule has 0 amide bonds. The van der Waals surface area contributed by atoms with Crippen molar-refractivity contribution in [3.8, 4) is 5.75 Å². The van der Waals surface area contributed by atoms with Crippen molar-refractivity contribution < 1.29 is 9.47 Å². The molecule has 1 aliphatic heterocycles. The van der Waals surface area contributed by atoms with E-state index in [1.54, 1.807) is 7.11 Å². The van der Waals surface area contributed by atoms with E-state index in [1.165, 1.54) is 5.69 Å². The fraction of sp³-hybridized carbons (Fsp3) is 0.571. The molecule has 0 aliphatic carbocycles. The van der Waals surface area contributed by atoms with Gasteiger partial charge in [-0.15, -0.1) is 12.4 Å². The van der Waals surface area contributed by atoms with Crippen molar-refractivity contribution in [2.45, 2.75) is 13.0 Å². The Morgan fingerprint density at radius 3 is 2.63 bits per heavy atom. The number of hydrogen-bond donors (Lipinski definition) is 1. The van der Waals surface area contributed by atoms with Crippen LogP contribution in [0.15, 0.2) is 24.3 Å². The molecule has 4 nitrogen and oxygen atoms in total. The fourth-order valence-electron chi connectivity index (χ4n) is 2.16. The Balaban J connectivity index is 0.00000180. The Hall–Kier alpha value is -0.970. The van der Waals surface area contributed by atoms with Crippen LogP contribution in [0.3, 0.4) is 0 Å². The van der Waals surface area contributed by atoms with E-state index < -0.39 is 0 Å². The predicted octanol–water partition coefficient (Wildman–Crippen LogP) is 1.93. The first-order chi connectivity index (χ1) is 8.79. The van der Waals surface area contributed by atoms with Crippen LogP contribution in [0.25, 0.3) is 0 Å². The van der Waals surface area contributed by atoms with Gasteiger partial charge in [0.1, 0.15) is 12.4 Å². The Kier molecular flexibility index (Phi) is 6.99. The van der Waals surface area contributed by atoms with Crippen molar-refractivity contribution in [2.24, 2.45) is 0 Å². The highest BCUT2D eigenvalue weighted by atomic mass is 35.5. The largest absolute Gasteiger partial charge is 0.491 e. The van der Waals surface area contributed by atoms with E-state index in [1.807, 2.05) is 12.1 Å². The van der Waals surface area contributed by atoms with Crippen molar-refractivity contribution in [2.75, 3.05) is 44.9 Å². The number of methoxy groups -OCH3 is 1. The second kappa shape index (κ2) is 8.25. The maximum Gasteiger partial charge on any atom is 0.119 e. The van der Waals surface area contributed by atoms with E-state index >= 15 is 0 Å². The third-order valence-electron chi connectivity index (χ3n) is 3.13. The first-order valence-electron chi connectivity index (χ1n) is 6.49. The molecular weight excluding hydrogens is 264 g/mol. The Morgan fingerprint density at radius 2 is 2.00 bits per heavy atom. The van der Waals surface area contributed by atoms with Crippen molar-refractivity contribution in [1.82, 2.24) is 5.32 Å². The number of anilines is 1. The lowest BCUT2D eigenvalue weighted by Crippen LogP contribution is -2.49. The van der Waals surface area contributed by atoms with Gasteiger partial charge in [0, 0.05) is 38.5 Å².